The van der Waals surface area contributed by atoms with Crippen LogP contribution in [0.1, 0.15) is 79.6 Å². The molecule has 0 aromatic carbocycles. The molecule has 0 bridgehead atoms. The van der Waals surface area contributed by atoms with Gasteiger partial charge >= 0.3 is 0 Å². The van der Waals surface area contributed by atoms with Crippen LogP contribution in [0.2, 0.25) is 0 Å². The highest BCUT2D eigenvalue weighted by molar-refractivity contribution is 5.95. The van der Waals surface area contributed by atoms with Crippen molar-refractivity contribution in [1.82, 2.24) is 0 Å². The van der Waals surface area contributed by atoms with Crippen molar-refractivity contribution < 1.29 is 40.5 Å². The standard InChI is InChI=1S/C27H44O8/c1-23(2,33)21(31)12-22(32)26(5,34)20-7-9-27(35)15-10-17(28)16-11-18(29)19(30)13-24(16,3)14(15)6-8-25(20,27)4/h10,14,16,18-22,29-35H,6-9,11-13H2,1-5H3/t14-,16-,18+,19-,20-,21-,22+,24+,25+,26+,27+/m0/s1. The second kappa shape index (κ2) is 8.32. The molecule has 0 spiro atoms. The number of carbonyl (C=O) groups excluding carboxylic acids is 1. The summed E-state index contributed by atoms with van der Waals surface area (Å²) in [5.41, 5.74) is -5.18. The lowest BCUT2D eigenvalue weighted by molar-refractivity contribution is -0.183. The van der Waals surface area contributed by atoms with Crippen LogP contribution in [0.15, 0.2) is 11.6 Å². The van der Waals surface area contributed by atoms with Crippen molar-refractivity contribution in [2.24, 2.45) is 28.6 Å². The van der Waals surface area contributed by atoms with Gasteiger partial charge in [-0.25, -0.2) is 0 Å². The smallest absolute Gasteiger partial charge is 0.159 e. The second-order valence-corrected chi connectivity index (χ2v) is 13.2. The predicted molar refractivity (Wildman–Crippen MR) is 128 cm³/mol. The molecule has 4 rings (SSSR count). The topological polar surface area (TPSA) is 159 Å². The number of allylic oxidation sites excluding steroid dienone is 1. The number of carbonyl (C=O) groups is 1. The molecule has 11 atom stereocenters. The Balaban J connectivity index is 1.67. The number of rotatable bonds is 5. The first-order chi connectivity index (χ1) is 15.9. The van der Waals surface area contributed by atoms with E-state index in [0.717, 1.165) is 0 Å². The summed E-state index contributed by atoms with van der Waals surface area (Å²) < 4.78 is 0. The summed E-state index contributed by atoms with van der Waals surface area (Å²) in [6.07, 6.45) is -0.617. The van der Waals surface area contributed by atoms with Gasteiger partial charge in [-0.05, 0) is 88.2 Å². The van der Waals surface area contributed by atoms with E-state index in [1.165, 1.54) is 20.8 Å². The molecule has 0 saturated heterocycles. The summed E-state index contributed by atoms with van der Waals surface area (Å²) in [5.74, 6) is -1.18. The molecule has 0 amide bonds. The van der Waals surface area contributed by atoms with E-state index >= 15 is 0 Å². The van der Waals surface area contributed by atoms with Crippen LogP contribution in [0.25, 0.3) is 0 Å². The zero-order valence-corrected chi connectivity index (χ0v) is 21.6. The van der Waals surface area contributed by atoms with Gasteiger partial charge in [0.1, 0.15) is 0 Å². The fraction of sp³-hybridized carbons (Fsp3) is 0.889. The Bertz CT molecular complexity index is 892. The summed E-state index contributed by atoms with van der Waals surface area (Å²) >= 11 is 0. The van der Waals surface area contributed by atoms with E-state index < -0.39 is 63.9 Å². The SMILES string of the molecule is CC(C)(O)[C@@H](O)C[C@@H](O)[C@](C)(O)[C@H]1CC[C@@]2(O)C3=CC(=O)[C@@H]4C[C@@H](O)[C@@H](O)C[C@]4(C)[C@H]3CC[C@]12C. The Kier molecular flexibility index (Phi) is 6.46. The first-order valence-corrected chi connectivity index (χ1v) is 13.0. The number of fused-ring (bicyclic) bond motifs is 5. The lowest BCUT2D eigenvalue weighted by atomic mass is 9.45. The highest BCUT2D eigenvalue weighted by Crippen LogP contribution is 2.68. The zero-order valence-electron chi connectivity index (χ0n) is 21.6. The predicted octanol–water partition coefficient (Wildman–Crippen LogP) is 0.825. The molecule has 0 radical (unpaired) electrons. The second-order valence-electron chi connectivity index (χ2n) is 13.2. The van der Waals surface area contributed by atoms with E-state index in [2.05, 4.69) is 0 Å². The number of ketones is 1. The summed E-state index contributed by atoms with van der Waals surface area (Å²) in [4.78, 5) is 13.3. The fourth-order valence-corrected chi connectivity index (χ4v) is 8.28. The van der Waals surface area contributed by atoms with Crippen molar-refractivity contribution in [3.8, 4) is 0 Å². The molecule has 7 N–H and O–H groups in total. The van der Waals surface area contributed by atoms with Gasteiger partial charge < -0.3 is 35.7 Å². The van der Waals surface area contributed by atoms with Gasteiger partial charge in [-0.15, -0.1) is 0 Å². The maximum Gasteiger partial charge on any atom is 0.159 e. The Labute approximate surface area is 207 Å². The minimum absolute atomic E-state index is 0.129. The minimum Gasteiger partial charge on any atom is -0.390 e. The summed E-state index contributed by atoms with van der Waals surface area (Å²) in [6, 6.07) is 0. The monoisotopic (exact) mass is 496 g/mol. The number of hydrogen-bond donors (Lipinski definition) is 7. The van der Waals surface area contributed by atoms with Crippen molar-refractivity contribution in [3.63, 3.8) is 0 Å². The summed E-state index contributed by atoms with van der Waals surface area (Å²) in [6.45, 7) is 8.31. The maximum atomic E-state index is 13.3. The van der Waals surface area contributed by atoms with Gasteiger partial charge in [0.15, 0.2) is 5.78 Å². The quantitative estimate of drug-likeness (QED) is 0.295. The fourth-order valence-electron chi connectivity index (χ4n) is 8.28. The molecule has 0 heterocycles. The van der Waals surface area contributed by atoms with E-state index in [-0.39, 0.29) is 31.0 Å². The third kappa shape index (κ3) is 3.87. The maximum absolute atomic E-state index is 13.3. The first kappa shape index (κ1) is 27.2. The summed E-state index contributed by atoms with van der Waals surface area (Å²) in [7, 11) is 0. The van der Waals surface area contributed by atoms with Crippen LogP contribution in [-0.2, 0) is 4.79 Å². The molecule has 8 nitrogen and oxygen atoms in total. The average Bonchev–Trinajstić information content (AvgIpc) is 3.01. The Morgan fingerprint density at radius 3 is 2.23 bits per heavy atom. The van der Waals surface area contributed by atoms with Gasteiger partial charge in [-0.3, -0.25) is 4.79 Å². The lowest BCUT2D eigenvalue weighted by Crippen LogP contribution is -2.63. The van der Waals surface area contributed by atoms with Crippen LogP contribution < -0.4 is 0 Å². The molecular weight excluding hydrogens is 452 g/mol. The molecular formula is C27H44O8. The molecule has 200 valence electrons. The van der Waals surface area contributed by atoms with Crippen LogP contribution in [-0.4, -0.2) is 82.7 Å². The number of aliphatic hydroxyl groups excluding tert-OH is 4. The minimum atomic E-state index is -1.64. The average molecular weight is 497 g/mol. The van der Waals surface area contributed by atoms with Gasteiger partial charge in [-0.1, -0.05) is 13.8 Å². The third-order valence-electron chi connectivity index (χ3n) is 10.8. The Morgan fingerprint density at radius 1 is 1.00 bits per heavy atom. The molecule has 8 heteroatoms. The van der Waals surface area contributed by atoms with E-state index in [1.807, 2.05) is 13.8 Å². The van der Waals surface area contributed by atoms with Crippen LogP contribution in [0.3, 0.4) is 0 Å². The van der Waals surface area contributed by atoms with E-state index in [0.29, 0.717) is 31.3 Å². The van der Waals surface area contributed by atoms with E-state index in [9.17, 15) is 40.5 Å². The van der Waals surface area contributed by atoms with E-state index in [1.54, 1.807) is 6.08 Å². The molecule has 4 aliphatic carbocycles. The van der Waals surface area contributed by atoms with E-state index in [4.69, 9.17) is 0 Å². The first-order valence-electron chi connectivity index (χ1n) is 13.0. The molecule has 3 saturated carbocycles. The molecule has 0 unspecified atom stereocenters. The molecule has 0 aromatic rings. The molecule has 35 heavy (non-hydrogen) atoms. The van der Waals surface area contributed by atoms with Crippen molar-refractivity contribution in [1.29, 1.82) is 0 Å². The van der Waals surface area contributed by atoms with Gasteiger partial charge in [-0.2, -0.15) is 0 Å². The number of aliphatic hydroxyl groups is 7. The molecule has 0 aliphatic heterocycles. The highest BCUT2D eigenvalue weighted by Gasteiger charge is 2.69. The van der Waals surface area contributed by atoms with Crippen LogP contribution >= 0.6 is 0 Å². The Hall–Kier alpha value is -0.870. The lowest BCUT2D eigenvalue weighted by Gasteiger charge is -2.60. The summed E-state index contributed by atoms with van der Waals surface area (Å²) in [5, 5.41) is 75.8. The van der Waals surface area contributed by atoms with Gasteiger partial charge in [0.25, 0.3) is 0 Å². The molecule has 4 aliphatic rings. The van der Waals surface area contributed by atoms with Crippen molar-refractivity contribution in [3.05, 3.63) is 11.6 Å². The Morgan fingerprint density at radius 2 is 1.63 bits per heavy atom. The molecule has 0 aromatic heterocycles. The van der Waals surface area contributed by atoms with Gasteiger partial charge in [0, 0.05) is 17.8 Å². The molecule has 3 fully saturated rings. The zero-order chi connectivity index (χ0) is 26.4. The number of hydrogen-bond acceptors (Lipinski definition) is 8. The third-order valence-corrected chi connectivity index (χ3v) is 10.8. The van der Waals surface area contributed by atoms with Crippen LogP contribution in [0.5, 0.6) is 0 Å². The van der Waals surface area contributed by atoms with Gasteiger partial charge in [0.2, 0.25) is 0 Å². The van der Waals surface area contributed by atoms with Crippen molar-refractivity contribution in [2.45, 2.75) is 121 Å². The largest absolute Gasteiger partial charge is 0.390 e. The van der Waals surface area contributed by atoms with Crippen molar-refractivity contribution >= 4 is 5.78 Å². The highest BCUT2D eigenvalue weighted by atomic mass is 16.4. The van der Waals surface area contributed by atoms with Gasteiger partial charge in [0.05, 0.1) is 41.2 Å². The van der Waals surface area contributed by atoms with Crippen LogP contribution in [0, 0.1) is 28.6 Å². The normalized spacial score (nSPS) is 47.1. The van der Waals surface area contributed by atoms with Crippen molar-refractivity contribution in [2.75, 3.05) is 0 Å². The van der Waals surface area contributed by atoms with Crippen LogP contribution in [0.4, 0.5) is 0 Å².